The van der Waals surface area contributed by atoms with E-state index >= 15 is 0 Å². The molecule has 0 aromatic heterocycles. The number of rotatable bonds is 4. The zero-order chi connectivity index (χ0) is 17.4. The third-order valence-corrected chi connectivity index (χ3v) is 2.29. The summed E-state index contributed by atoms with van der Waals surface area (Å²) in [6, 6.07) is -2.96. The molecule has 0 saturated carbocycles. The normalized spacial score (nSPS) is 8.95. The Kier molecular flexibility index (Phi) is 6.82. The molecule has 0 aliphatic heterocycles. The first-order chi connectivity index (χ1) is 10.3. The Bertz CT molecular complexity index is 580. The Hall–Kier alpha value is -3.36. The van der Waals surface area contributed by atoms with Gasteiger partial charge in [0.15, 0.2) is 0 Å². The van der Waals surface area contributed by atoms with Gasteiger partial charge in [0.1, 0.15) is 0 Å². The molecule has 0 aliphatic carbocycles. The molecule has 22 heavy (non-hydrogen) atoms. The molecule has 0 aromatic rings. The van der Waals surface area contributed by atoms with Gasteiger partial charge in [-0.05, 0) is 18.2 Å². The van der Waals surface area contributed by atoms with E-state index in [0.717, 1.165) is 13.1 Å². The lowest BCUT2D eigenvalue weighted by Crippen LogP contribution is -2.54. The van der Waals surface area contributed by atoms with E-state index in [9.17, 15) is 28.8 Å². The topological polar surface area (TPSA) is 112 Å². The molecule has 0 aromatic carbocycles. The minimum Gasteiger partial charge on any atom is -0.278 e. The molecule has 8 amide bonds. The fourth-order valence-corrected chi connectivity index (χ4v) is 1.14. The van der Waals surface area contributed by atoms with Crippen molar-refractivity contribution >= 4 is 36.2 Å². The van der Waals surface area contributed by atoms with E-state index in [1.165, 1.54) is 0 Å². The Morgan fingerprint density at radius 1 is 0.773 bits per heavy atom. The van der Waals surface area contributed by atoms with Gasteiger partial charge in [-0.1, -0.05) is 19.7 Å². The van der Waals surface area contributed by atoms with Crippen molar-refractivity contribution in [3.63, 3.8) is 0 Å². The Morgan fingerprint density at radius 3 is 1.59 bits per heavy atom. The van der Waals surface area contributed by atoms with Crippen LogP contribution in [0.1, 0.15) is 0 Å². The van der Waals surface area contributed by atoms with Gasteiger partial charge in [-0.15, -0.1) is 0 Å². The van der Waals surface area contributed by atoms with Crippen LogP contribution in [0, 0.1) is 0 Å². The van der Waals surface area contributed by atoms with Crippen LogP contribution in [0.15, 0.2) is 38.0 Å². The summed E-state index contributed by atoms with van der Waals surface area (Å²) in [5, 5.41) is 0. The molecular formula is C13H13N3O6. The van der Waals surface area contributed by atoms with Crippen molar-refractivity contribution in [1.82, 2.24) is 14.7 Å². The van der Waals surface area contributed by atoms with Crippen LogP contribution in [0.2, 0.25) is 0 Å². The number of hydrogen-bond donors (Lipinski definition) is 0. The zero-order valence-corrected chi connectivity index (χ0v) is 11.7. The molecule has 0 spiro atoms. The van der Waals surface area contributed by atoms with Crippen molar-refractivity contribution in [3.05, 3.63) is 38.0 Å². The van der Waals surface area contributed by atoms with Crippen LogP contribution in [-0.4, -0.2) is 57.9 Å². The van der Waals surface area contributed by atoms with E-state index in [4.69, 9.17) is 0 Å². The molecule has 9 heteroatoms. The van der Waals surface area contributed by atoms with E-state index in [0.29, 0.717) is 17.1 Å². The molecule has 0 bridgehead atoms. The van der Waals surface area contributed by atoms with Gasteiger partial charge in [0, 0.05) is 7.05 Å². The van der Waals surface area contributed by atoms with Crippen LogP contribution in [0.4, 0.5) is 9.59 Å². The van der Waals surface area contributed by atoms with Gasteiger partial charge >= 0.3 is 12.1 Å². The first-order valence-electron chi connectivity index (χ1n) is 5.62. The lowest BCUT2D eigenvalue weighted by Gasteiger charge is -2.24. The molecule has 0 N–H and O–H groups in total. The third kappa shape index (κ3) is 3.82. The Morgan fingerprint density at radius 2 is 1.23 bits per heavy atom. The number of nitrogens with zero attached hydrogens (tertiary/aromatic N) is 3. The summed E-state index contributed by atoms with van der Waals surface area (Å²) < 4.78 is 0. The largest absolute Gasteiger partial charge is 0.349 e. The van der Waals surface area contributed by atoms with Crippen LogP contribution in [-0.2, 0) is 19.2 Å². The van der Waals surface area contributed by atoms with Crippen LogP contribution >= 0.6 is 0 Å². The quantitative estimate of drug-likeness (QED) is 0.536. The fraction of sp³-hybridized carbons (Fsp3) is 0.0769. The summed E-state index contributed by atoms with van der Waals surface area (Å²) >= 11 is 0. The van der Waals surface area contributed by atoms with Crippen molar-refractivity contribution in [3.8, 4) is 0 Å². The lowest BCUT2D eigenvalue weighted by molar-refractivity contribution is -0.131. The number of imide groups is 7. The van der Waals surface area contributed by atoms with Crippen molar-refractivity contribution < 1.29 is 28.8 Å². The number of amides is 8. The fourth-order valence-electron chi connectivity index (χ4n) is 1.14. The van der Waals surface area contributed by atoms with Crippen LogP contribution in [0.3, 0.4) is 0 Å². The summed E-state index contributed by atoms with van der Waals surface area (Å²) in [5.74, 6) is -3.30. The summed E-state index contributed by atoms with van der Waals surface area (Å²) in [7, 11) is 0.976. The smallest absolute Gasteiger partial charge is 0.278 e. The highest BCUT2D eigenvalue weighted by molar-refractivity contribution is 6.21. The molecule has 0 aliphatic rings. The molecule has 0 unspecified atom stereocenters. The minimum atomic E-state index is -1.57. The molecule has 9 nitrogen and oxygen atoms in total. The van der Waals surface area contributed by atoms with E-state index < -0.39 is 29.8 Å². The van der Waals surface area contributed by atoms with E-state index in [-0.39, 0.29) is 16.2 Å². The number of carbonyl (C=O) groups excluding carboxylic acids is 6. The van der Waals surface area contributed by atoms with Gasteiger partial charge < -0.3 is 0 Å². The standard InChI is InChI=1S/C13H13N3O6/c1-5-9(18)14(4)12(21)16(11(20)7-3)13(22)15(8-17)10(19)6-2/h5-8H,1-3H2,4H3. The van der Waals surface area contributed by atoms with E-state index in [2.05, 4.69) is 19.7 Å². The Labute approximate surface area is 125 Å². The van der Waals surface area contributed by atoms with Crippen LogP contribution in [0.5, 0.6) is 0 Å². The zero-order valence-electron chi connectivity index (χ0n) is 11.7. The molecule has 0 fully saturated rings. The van der Waals surface area contributed by atoms with Gasteiger partial charge in [0.05, 0.1) is 0 Å². The second-order valence-corrected chi connectivity index (χ2v) is 3.56. The maximum atomic E-state index is 12.0. The summed E-state index contributed by atoms with van der Waals surface area (Å²) in [6.45, 7) is 9.30. The average molecular weight is 307 g/mol. The van der Waals surface area contributed by atoms with Crippen molar-refractivity contribution in [2.45, 2.75) is 0 Å². The van der Waals surface area contributed by atoms with Crippen LogP contribution < -0.4 is 0 Å². The number of hydrogen-bond acceptors (Lipinski definition) is 6. The Balaban J connectivity index is 5.78. The summed E-state index contributed by atoms with van der Waals surface area (Å²) in [5.41, 5.74) is 0. The third-order valence-electron chi connectivity index (χ3n) is 2.29. The summed E-state index contributed by atoms with van der Waals surface area (Å²) in [4.78, 5) is 69.5. The van der Waals surface area contributed by atoms with E-state index in [1.807, 2.05) is 0 Å². The molecule has 0 saturated heterocycles. The predicted molar refractivity (Wildman–Crippen MR) is 73.9 cm³/mol. The second-order valence-electron chi connectivity index (χ2n) is 3.56. The van der Waals surface area contributed by atoms with Gasteiger partial charge in [-0.25, -0.2) is 9.59 Å². The SMILES string of the molecule is C=CC(=O)N(C)C(=O)N(C(=O)C=C)C(=O)N(C=O)C(=O)C=C. The first kappa shape index (κ1) is 18.6. The molecule has 116 valence electrons. The van der Waals surface area contributed by atoms with Crippen molar-refractivity contribution in [1.29, 1.82) is 0 Å². The van der Waals surface area contributed by atoms with Gasteiger partial charge in [-0.2, -0.15) is 9.80 Å². The highest BCUT2D eigenvalue weighted by Crippen LogP contribution is 2.06. The van der Waals surface area contributed by atoms with Gasteiger partial charge in [0.2, 0.25) is 6.41 Å². The lowest BCUT2D eigenvalue weighted by atomic mass is 10.4. The maximum absolute atomic E-state index is 12.0. The second kappa shape index (κ2) is 8.04. The van der Waals surface area contributed by atoms with Crippen molar-refractivity contribution in [2.75, 3.05) is 7.05 Å². The predicted octanol–water partition coefficient (Wildman–Crippen LogP) is 0.0564. The molecule has 0 heterocycles. The average Bonchev–Trinajstić information content (AvgIpc) is 2.53. The van der Waals surface area contributed by atoms with Gasteiger partial charge in [0.25, 0.3) is 17.7 Å². The highest BCUT2D eigenvalue weighted by atomic mass is 16.2. The molecule has 0 atom stereocenters. The number of likely N-dealkylation sites (N-methyl/N-ethyl adjacent to an activating group) is 1. The van der Waals surface area contributed by atoms with Gasteiger partial charge in [-0.3, -0.25) is 24.1 Å². The molecule has 0 radical (unpaired) electrons. The molecule has 0 rings (SSSR count). The highest BCUT2D eigenvalue weighted by Gasteiger charge is 2.36. The number of urea groups is 2. The minimum absolute atomic E-state index is 0.0570. The monoisotopic (exact) mass is 307 g/mol. The van der Waals surface area contributed by atoms with Crippen LogP contribution in [0.25, 0.3) is 0 Å². The van der Waals surface area contributed by atoms with Crippen molar-refractivity contribution in [2.24, 2.45) is 0 Å². The number of carbonyl (C=O) groups is 6. The summed E-state index contributed by atoms with van der Waals surface area (Å²) in [6.07, 6.45) is 1.80. The first-order valence-corrected chi connectivity index (χ1v) is 5.62. The maximum Gasteiger partial charge on any atom is 0.349 e. The van der Waals surface area contributed by atoms with E-state index in [1.54, 1.807) is 0 Å². The molecular weight excluding hydrogens is 294 g/mol.